The molecule has 0 radical (unpaired) electrons. The molecule has 5 rings (SSSR count). The lowest BCUT2D eigenvalue weighted by molar-refractivity contribution is -0.114. The summed E-state index contributed by atoms with van der Waals surface area (Å²) < 4.78 is 14.5. The third-order valence-electron chi connectivity index (χ3n) is 7.29. The van der Waals surface area contributed by atoms with Gasteiger partial charge in [-0.3, -0.25) is 9.59 Å². The van der Waals surface area contributed by atoms with Crippen LogP contribution < -0.4 is 9.80 Å². The molecule has 0 aliphatic carbocycles. The minimum atomic E-state index is -0.433. The molecule has 0 saturated carbocycles. The molecule has 3 aliphatic rings. The largest absolute Gasteiger partial charge is 0.338 e. The fourth-order valence-corrected chi connectivity index (χ4v) is 5.52. The number of hydrogen-bond acceptors (Lipinski definition) is 6. The van der Waals surface area contributed by atoms with E-state index in [0.29, 0.717) is 22.8 Å². The Bertz CT molecular complexity index is 1230. The number of likely N-dealkylation sites (N-methyl/N-ethyl adjacent to an activating group) is 1. The fraction of sp³-hybridized carbons (Fsp3) is 0.462. The third-order valence-corrected chi connectivity index (χ3v) is 7.29. The standard InChI is InChI=1S/C26H30FN5O2/c1-15-13-26(3,4)32-23-18(15)10-17(27)11-19(23)20(24(32)34)12-22(33)21-14-28-25(29-16(21)2)31-8-6-30(5)7-9-31/h10-12,14-15H,6-9,13H2,1-5H3/b20-12+. The summed E-state index contributed by atoms with van der Waals surface area (Å²) in [6.45, 7) is 11.4. The molecule has 1 atom stereocenters. The van der Waals surface area contributed by atoms with Gasteiger partial charge in [-0.2, -0.15) is 0 Å². The summed E-state index contributed by atoms with van der Waals surface area (Å²) in [7, 11) is 2.08. The van der Waals surface area contributed by atoms with Crippen molar-refractivity contribution in [3.63, 3.8) is 0 Å². The van der Waals surface area contributed by atoms with E-state index in [1.54, 1.807) is 11.8 Å². The lowest BCUT2D eigenvalue weighted by atomic mass is 9.80. The van der Waals surface area contributed by atoms with Crippen LogP contribution in [0.4, 0.5) is 16.0 Å². The van der Waals surface area contributed by atoms with Crippen LogP contribution in [0.1, 0.15) is 60.3 Å². The van der Waals surface area contributed by atoms with E-state index in [1.165, 1.54) is 24.4 Å². The van der Waals surface area contributed by atoms with Crippen LogP contribution >= 0.6 is 0 Å². The van der Waals surface area contributed by atoms with Crippen molar-refractivity contribution in [3.8, 4) is 0 Å². The van der Waals surface area contributed by atoms with E-state index in [-0.39, 0.29) is 23.2 Å². The van der Waals surface area contributed by atoms with Crippen LogP contribution in [0.2, 0.25) is 0 Å². The second-order valence-electron chi connectivity index (χ2n) is 10.3. The van der Waals surface area contributed by atoms with Crippen molar-refractivity contribution in [1.29, 1.82) is 0 Å². The summed E-state index contributed by atoms with van der Waals surface area (Å²) in [4.78, 5) is 41.9. The van der Waals surface area contributed by atoms with E-state index in [1.807, 2.05) is 20.8 Å². The Kier molecular flexibility index (Phi) is 5.31. The molecule has 0 spiro atoms. The predicted octanol–water partition coefficient (Wildman–Crippen LogP) is 3.57. The normalized spacial score (nSPS) is 22.9. The number of allylic oxidation sites excluding steroid dienone is 1. The number of hydrogen-bond donors (Lipinski definition) is 0. The highest BCUT2D eigenvalue weighted by atomic mass is 19.1. The van der Waals surface area contributed by atoms with Gasteiger partial charge in [0.1, 0.15) is 5.82 Å². The smallest absolute Gasteiger partial charge is 0.259 e. The number of ketones is 1. The molecule has 0 bridgehead atoms. The van der Waals surface area contributed by atoms with E-state index in [9.17, 15) is 14.0 Å². The first-order valence-corrected chi connectivity index (χ1v) is 11.8. The molecule has 1 saturated heterocycles. The lowest BCUT2D eigenvalue weighted by Crippen LogP contribution is -2.49. The van der Waals surface area contributed by atoms with Crippen molar-refractivity contribution in [2.24, 2.45) is 0 Å². The summed E-state index contributed by atoms with van der Waals surface area (Å²) in [5.74, 6) is -0.300. The van der Waals surface area contributed by atoms with Crippen molar-refractivity contribution in [1.82, 2.24) is 14.9 Å². The number of amides is 1. The lowest BCUT2D eigenvalue weighted by Gasteiger charge is -2.43. The maximum Gasteiger partial charge on any atom is 0.259 e. The fourth-order valence-electron chi connectivity index (χ4n) is 5.52. The van der Waals surface area contributed by atoms with Crippen LogP contribution in [0.5, 0.6) is 0 Å². The van der Waals surface area contributed by atoms with E-state index in [0.717, 1.165) is 43.9 Å². The van der Waals surface area contributed by atoms with Crippen molar-refractivity contribution in [2.75, 3.05) is 43.0 Å². The molecule has 4 heterocycles. The SMILES string of the molecule is Cc1nc(N2CCN(C)CC2)ncc1C(=O)/C=C1/C(=O)N2c3c1cc(F)cc3C(C)CC2(C)C. The Morgan fingerprint density at radius 1 is 1.21 bits per heavy atom. The van der Waals surface area contributed by atoms with Gasteiger partial charge in [-0.25, -0.2) is 14.4 Å². The van der Waals surface area contributed by atoms with Crippen molar-refractivity contribution in [2.45, 2.75) is 45.6 Å². The molecule has 8 heteroatoms. The van der Waals surface area contributed by atoms with Crippen LogP contribution in [0.15, 0.2) is 24.4 Å². The number of aromatic nitrogens is 2. The van der Waals surface area contributed by atoms with E-state index in [2.05, 4.69) is 26.8 Å². The molecule has 2 aromatic rings. The first-order chi connectivity index (χ1) is 16.1. The molecule has 1 unspecified atom stereocenters. The zero-order valence-corrected chi connectivity index (χ0v) is 20.4. The van der Waals surface area contributed by atoms with Crippen LogP contribution in [0.3, 0.4) is 0 Å². The predicted molar refractivity (Wildman–Crippen MR) is 130 cm³/mol. The van der Waals surface area contributed by atoms with Gasteiger partial charge < -0.3 is 14.7 Å². The summed E-state index contributed by atoms with van der Waals surface area (Å²) >= 11 is 0. The van der Waals surface area contributed by atoms with Crippen LogP contribution in [-0.2, 0) is 4.79 Å². The zero-order valence-electron chi connectivity index (χ0n) is 20.4. The maximum atomic E-state index is 14.5. The molecule has 7 nitrogen and oxygen atoms in total. The van der Waals surface area contributed by atoms with Crippen molar-refractivity contribution >= 4 is 28.9 Å². The molecule has 1 amide bonds. The van der Waals surface area contributed by atoms with Gasteiger partial charge in [0.15, 0.2) is 5.78 Å². The van der Waals surface area contributed by atoms with E-state index >= 15 is 0 Å². The molecule has 3 aliphatic heterocycles. The van der Waals surface area contributed by atoms with Crippen LogP contribution in [-0.4, -0.2) is 65.3 Å². The summed E-state index contributed by atoms with van der Waals surface area (Å²) in [5.41, 5.74) is 2.73. The number of rotatable bonds is 3. The molecule has 1 aromatic heterocycles. The quantitative estimate of drug-likeness (QED) is 0.512. The summed E-state index contributed by atoms with van der Waals surface area (Å²) in [6.07, 6.45) is 3.59. The minimum absolute atomic E-state index is 0.108. The van der Waals surface area contributed by atoms with Gasteiger partial charge in [0.25, 0.3) is 5.91 Å². The summed E-state index contributed by atoms with van der Waals surface area (Å²) in [5, 5.41) is 0. The molecular weight excluding hydrogens is 433 g/mol. The van der Waals surface area contributed by atoms with Gasteiger partial charge in [0, 0.05) is 43.5 Å². The number of piperazine rings is 1. The number of nitrogens with zero attached hydrogens (tertiary/aromatic N) is 5. The van der Waals surface area contributed by atoms with E-state index < -0.39 is 11.4 Å². The Balaban J connectivity index is 1.51. The monoisotopic (exact) mass is 463 g/mol. The van der Waals surface area contributed by atoms with Gasteiger partial charge in [0.2, 0.25) is 5.95 Å². The Morgan fingerprint density at radius 2 is 1.91 bits per heavy atom. The number of aryl methyl sites for hydroxylation is 1. The average Bonchev–Trinajstić information content (AvgIpc) is 3.04. The molecule has 0 N–H and O–H groups in total. The number of halogens is 1. The molecule has 1 aromatic carbocycles. The number of carbonyl (C=O) groups is 2. The van der Waals surface area contributed by atoms with Crippen LogP contribution in [0.25, 0.3) is 5.57 Å². The Labute approximate surface area is 199 Å². The minimum Gasteiger partial charge on any atom is -0.338 e. The zero-order chi connectivity index (χ0) is 24.4. The molecule has 178 valence electrons. The number of carbonyl (C=O) groups excluding carboxylic acids is 2. The van der Waals surface area contributed by atoms with Gasteiger partial charge in [-0.15, -0.1) is 0 Å². The van der Waals surface area contributed by atoms with Crippen LogP contribution in [0, 0.1) is 12.7 Å². The van der Waals surface area contributed by atoms with Crippen molar-refractivity contribution in [3.05, 3.63) is 52.6 Å². The highest BCUT2D eigenvalue weighted by Gasteiger charge is 2.47. The molecule has 1 fully saturated rings. The van der Waals surface area contributed by atoms with E-state index in [4.69, 9.17) is 0 Å². The Hall–Kier alpha value is -3.13. The summed E-state index contributed by atoms with van der Waals surface area (Å²) in [6, 6.07) is 2.88. The topological polar surface area (TPSA) is 69.6 Å². The Morgan fingerprint density at radius 3 is 2.59 bits per heavy atom. The number of benzene rings is 1. The highest BCUT2D eigenvalue weighted by molar-refractivity contribution is 6.36. The number of anilines is 2. The highest BCUT2D eigenvalue weighted by Crippen LogP contribution is 2.51. The molecular formula is C26H30FN5O2. The van der Waals surface area contributed by atoms with Gasteiger partial charge >= 0.3 is 0 Å². The molecule has 34 heavy (non-hydrogen) atoms. The van der Waals surface area contributed by atoms with Gasteiger partial charge in [0.05, 0.1) is 22.5 Å². The van der Waals surface area contributed by atoms with Crippen molar-refractivity contribution < 1.29 is 14.0 Å². The van der Waals surface area contributed by atoms with Gasteiger partial charge in [-0.1, -0.05) is 6.92 Å². The first-order valence-electron chi connectivity index (χ1n) is 11.8. The second-order valence-corrected chi connectivity index (χ2v) is 10.3. The maximum absolute atomic E-state index is 14.5. The second kappa shape index (κ2) is 7.98. The first kappa shape index (κ1) is 22.7. The third kappa shape index (κ3) is 3.60. The van der Waals surface area contributed by atoms with Gasteiger partial charge in [-0.05, 0) is 63.9 Å². The average molecular weight is 464 g/mol.